The van der Waals surface area contributed by atoms with Gasteiger partial charge in [0.15, 0.2) is 0 Å². The van der Waals surface area contributed by atoms with Gasteiger partial charge in [-0.1, -0.05) is 18.2 Å². The molecule has 3 rings (SSSR count). The van der Waals surface area contributed by atoms with Gasteiger partial charge in [-0.3, -0.25) is 9.59 Å². The van der Waals surface area contributed by atoms with Crippen LogP contribution in [-0.4, -0.2) is 62.3 Å². The molecule has 2 aromatic rings. The number of aliphatic hydroxyl groups is 1. The number of carbonyl (C=O) groups is 2. The molecule has 1 heterocycles. The molecule has 1 unspecified atom stereocenters. The summed E-state index contributed by atoms with van der Waals surface area (Å²) in [4.78, 5) is 27.9. The van der Waals surface area contributed by atoms with Gasteiger partial charge < -0.3 is 29.0 Å². The van der Waals surface area contributed by atoms with Crippen molar-refractivity contribution in [2.45, 2.75) is 32.4 Å². The van der Waals surface area contributed by atoms with E-state index in [1.807, 2.05) is 26.0 Å². The topological polar surface area (TPSA) is 94.5 Å². The van der Waals surface area contributed by atoms with Crippen LogP contribution in [0.2, 0.25) is 0 Å². The average Bonchev–Trinajstić information content (AvgIpc) is 3.08. The number of methoxy groups -OCH3 is 3. The maximum absolute atomic E-state index is 13.3. The zero-order valence-corrected chi connectivity index (χ0v) is 20.2. The van der Waals surface area contributed by atoms with Gasteiger partial charge in [0.2, 0.25) is 0 Å². The number of benzene rings is 2. The summed E-state index contributed by atoms with van der Waals surface area (Å²) in [6.45, 7) is 4.48. The first-order chi connectivity index (χ1) is 16.3. The largest absolute Gasteiger partial charge is 0.507 e. The highest BCUT2D eigenvalue weighted by molar-refractivity contribution is 6.46. The molecule has 0 aliphatic carbocycles. The molecule has 1 saturated heterocycles. The molecular formula is C26H31NO7. The smallest absolute Gasteiger partial charge is 0.295 e. The first kappa shape index (κ1) is 25.1. The second-order valence-electron chi connectivity index (χ2n) is 8.11. The number of ketones is 1. The van der Waals surface area contributed by atoms with E-state index < -0.39 is 17.7 Å². The number of ether oxygens (including phenoxy) is 4. The molecule has 1 aliphatic rings. The highest BCUT2D eigenvalue weighted by Crippen LogP contribution is 2.44. The molecule has 1 N–H and O–H groups in total. The van der Waals surface area contributed by atoms with Gasteiger partial charge in [0.05, 0.1) is 37.5 Å². The maximum atomic E-state index is 13.3. The molecule has 0 bridgehead atoms. The number of likely N-dealkylation sites (tertiary alicyclic amines) is 1. The van der Waals surface area contributed by atoms with Crippen LogP contribution >= 0.6 is 0 Å². The van der Waals surface area contributed by atoms with Gasteiger partial charge >= 0.3 is 0 Å². The quantitative estimate of drug-likeness (QED) is 0.244. The van der Waals surface area contributed by atoms with Crippen molar-refractivity contribution in [3.8, 4) is 17.2 Å². The fourth-order valence-electron chi connectivity index (χ4n) is 4.03. The molecule has 0 radical (unpaired) electrons. The summed E-state index contributed by atoms with van der Waals surface area (Å²) in [5, 5.41) is 11.4. The third-order valence-electron chi connectivity index (χ3n) is 5.53. The van der Waals surface area contributed by atoms with Gasteiger partial charge in [-0.25, -0.2) is 0 Å². The molecule has 2 aromatic carbocycles. The lowest BCUT2D eigenvalue weighted by Crippen LogP contribution is -2.31. The summed E-state index contributed by atoms with van der Waals surface area (Å²) in [6.07, 6.45) is 0.394. The summed E-state index contributed by atoms with van der Waals surface area (Å²) in [5.74, 6) is -0.462. The van der Waals surface area contributed by atoms with Gasteiger partial charge in [0, 0.05) is 25.8 Å². The zero-order valence-electron chi connectivity index (χ0n) is 20.2. The van der Waals surface area contributed by atoms with Crippen molar-refractivity contribution in [3.05, 3.63) is 59.2 Å². The summed E-state index contributed by atoms with van der Waals surface area (Å²) in [5.41, 5.74) is 0.828. The number of rotatable bonds is 10. The van der Waals surface area contributed by atoms with Crippen LogP contribution in [0.3, 0.4) is 0 Å². The maximum Gasteiger partial charge on any atom is 0.295 e. The molecule has 34 heavy (non-hydrogen) atoms. The molecule has 8 heteroatoms. The molecule has 1 amide bonds. The Kier molecular flexibility index (Phi) is 8.17. The molecule has 1 aliphatic heterocycles. The Morgan fingerprint density at radius 3 is 2.41 bits per heavy atom. The Bertz CT molecular complexity index is 1080. The van der Waals surface area contributed by atoms with E-state index in [1.165, 1.54) is 19.1 Å². The minimum absolute atomic E-state index is 0.0335. The molecule has 182 valence electrons. The van der Waals surface area contributed by atoms with Crippen molar-refractivity contribution in [3.63, 3.8) is 0 Å². The van der Waals surface area contributed by atoms with E-state index in [0.29, 0.717) is 35.8 Å². The number of hydrogen-bond donors (Lipinski definition) is 1. The lowest BCUT2D eigenvalue weighted by Gasteiger charge is -2.27. The third-order valence-corrected chi connectivity index (χ3v) is 5.53. The van der Waals surface area contributed by atoms with Crippen molar-refractivity contribution in [2.75, 3.05) is 34.5 Å². The van der Waals surface area contributed by atoms with Crippen molar-refractivity contribution in [1.82, 2.24) is 4.90 Å². The fourth-order valence-corrected chi connectivity index (χ4v) is 4.03. The van der Waals surface area contributed by atoms with E-state index >= 15 is 0 Å². The van der Waals surface area contributed by atoms with Crippen LogP contribution in [0.4, 0.5) is 0 Å². The second kappa shape index (κ2) is 11.1. The van der Waals surface area contributed by atoms with Crippen LogP contribution in [0.1, 0.15) is 37.4 Å². The number of carbonyl (C=O) groups excluding carboxylic acids is 2. The summed E-state index contributed by atoms with van der Waals surface area (Å²) in [7, 11) is 4.54. The van der Waals surface area contributed by atoms with Gasteiger partial charge in [-0.15, -0.1) is 0 Å². The van der Waals surface area contributed by atoms with E-state index in [-0.39, 0.29) is 29.5 Å². The third kappa shape index (κ3) is 5.02. The molecular weight excluding hydrogens is 438 g/mol. The van der Waals surface area contributed by atoms with Crippen molar-refractivity contribution in [1.29, 1.82) is 0 Å². The Morgan fingerprint density at radius 2 is 1.76 bits per heavy atom. The number of Topliss-reactive ketones (excluding diaryl/α,β-unsaturated/α-hetero) is 1. The van der Waals surface area contributed by atoms with Gasteiger partial charge in [-0.05, 0) is 44.5 Å². The van der Waals surface area contributed by atoms with E-state index in [4.69, 9.17) is 18.9 Å². The number of aliphatic hydroxyl groups excluding tert-OH is 1. The van der Waals surface area contributed by atoms with Gasteiger partial charge in [0.25, 0.3) is 11.7 Å². The molecule has 8 nitrogen and oxygen atoms in total. The van der Waals surface area contributed by atoms with E-state index in [0.717, 1.165) is 0 Å². The van der Waals surface area contributed by atoms with Crippen LogP contribution in [0.25, 0.3) is 5.76 Å². The minimum atomic E-state index is -0.845. The van der Waals surface area contributed by atoms with E-state index in [9.17, 15) is 14.7 Å². The van der Waals surface area contributed by atoms with Crippen LogP contribution in [0.15, 0.2) is 48.0 Å². The van der Waals surface area contributed by atoms with E-state index in [1.54, 1.807) is 37.4 Å². The van der Waals surface area contributed by atoms with Crippen LogP contribution < -0.4 is 14.2 Å². The van der Waals surface area contributed by atoms with Crippen molar-refractivity contribution >= 4 is 17.4 Å². The number of nitrogens with zero attached hydrogens (tertiary/aromatic N) is 1. The van der Waals surface area contributed by atoms with Crippen molar-refractivity contribution < 1.29 is 33.6 Å². The standard InChI is InChI=1S/C26H31NO7/c1-16(2)34-21-10-7-6-9-18(21)23-22(25(29)26(30)27(23)13-8-14-31-3)24(28)19-15-17(32-4)11-12-20(19)33-5/h6-7,9-12,15-16,23,28H,8,13-14H2,1-5H3/b24-22+. The van der Waals surface area contributed by atoms with Crippen LogP contribution in [0.5, 0.6) is 17.2 Å². The Labute approximate surface area is 199 Å². The Morgan fingerprint density at radius 1 is 1.03 bits per heavy atom. The fraction of sp³-hybridized carbons (Fsp3) is 0.385. The Hall–Kier alpha value is -3.52. The van der Waals surface area contributed by atoms with Crippen molar-refractivity contribution in [2.24, 2.45) is 0 Å². The number of para-hydroxylation sites is 1. The molecule has 0 aromatic heterocycles. The highest BCUT2D eigenvalue weighted by Gasteiger charge is 2.47. The molecule has 0 saturated carbocycles. The van der Waals surface area contributed by atoms with Crippen LogP contribution in [0, 0.1) is 0 Å². The number of hydrogen-bond acceptors (Lipinski definition) is 7. The highest BCUT2D eigenvalue weighted by atomic mass is 16.5. The van der Waals surface area contributed by atoms with E-state index in [2.05, 4.69) is 0 Å². The SMILES string of the molecule is COCCCN1C(=O)C(=O)/C(=C(/O)c2cc(OC)ccc2OC)C1c1ccccc1OC(C)C. The molecule has 1 fully saturated rings. The number of amides is 1. The lowest BCUT2D eigenvalue weighted by atomic mass is 9.94. The molecule has 1 atom stereocenters. The second-order valence-corrected chi connectivity index (χ2v) is 8.11. The lowest BCUT2D eigenvalue weighted by molar-refractivity contribution is -0.140. The predicted octanol–water partition coefficient (Wildman–Crippen LogP) is 3.95. The summed E-state index contributed by atoms with van der Waals surface area (Å²) < 4.78 is 21.8. The normalized spacial score (nSPS) is 17.4. The monoisotopic (exact) mass is 469 g/mol. The first-order valence-electron chi connectivity index (χ1n) is 11.1. The van der Waals surface area contributed by atoms with Gasteiger partial charge in [0.1, 0.15) is 23.0 Å². The van der Waals surface area contributed by atoms with Crippen LogP contribution in [-0.2, 0) is 14.3 Å². The summed E-state index contributed by atoms with van der Waals surface area (Å²) >= 11 is 0. The zero-order chi connectivity index (χ0) is 24.8. The predicted molar refractivity (Wildman–Crippen MR) is 127 cm³/mol. The van der Waals surface area contributed by atoms with Gasteiger partial charge in [-0.2, -0.15) is 0 Å². The molecule has 0 spiro atoms. The Balaban J connectivity index is 2.24. The minimum Gasteiger partial charge on any atom is -0.507 e. The summed E-state index contributed by atoms with van der Waals surface area (Å²) in [6, 6.07) is 11.3. The average molecular weight is 470 g/mol. The first-order valence-corrected chi connectivity index (χ1v) is 11.1.